The number of aromatic hydroxyl groups is 1. The number of rotatable bonds is 12. The number of carbonyl (C=O) groups excluding carboxylic acids is 2. The van der Waals surface area contributed by atoms with Crippen LogP contribution in [0.15, 0.2) is 41.0 Å². The number of aliphatic hydroxyl groups excluding tert-OH is 1. The molecule has 10 heteroatoms. The molecule has 0 radical (unpaired) electrons. The number of aliphatic carboxylic acids is 1. The van der Waals surface area contributed by atoms with Crippen LogP contribution in [0.4, 0.5) is 0 Å². The Balaban J connectivity index is 1.50. The van der Waals surface area contributed by atoms with Gasteiger partial charge in [-0.1, -0.05) is 37.1 Å². The van der Waals surface area contributed by atoms with Gasteiger partial charge in [-0.15, -0.1) is 0 Å². The van der Waals surface area contributed by atoms with Crippen molar-refractivity contribution in [3.05, 3.63) is 46.5 Å². The number of carboxylic acid groups (broad SMARTS) is 1. The van der Waals surface area contributed by atoms with Gasteiger partial charge in [0.1, 0.15) is 5.75 Å². The van der Waals surface area contributed by atoms with Crippen LogP contribution in [-0.2, 0) is 19.0 Å². The molecule has 1 aromatic carbocycles. The lowest BCUT2D eigenvalue weighted by molar-refractivity contribution is -0.141. The fourth-order valence-corrected chi connectivity index (χ4v) is 6.44. The van der Waals surface area contributed by atoms with Gasteiger partial charge in [-0.05, 0) is 79.6 Å². The molecule has 2 heterocycles. The van der Waals surface area contributed by atoms with Crippen LogP contribution >= 0.6 is 0 Å². The normalized spacial score (nSPS) is 25.3. The molecule has 210 valence electrons. The van der Waals surface area contributed by atoms with Crippen LogP contribution in [0.5, 0.6) is 5.75 Å². The zero-order chi connectivity index (χ0) is 28.1. The Labute approximate surface area is 229 Å². The van der Waals surface area contributed by atoms with E-state index in [0.29, 0.717) is 38.5 Å². The Hall–Kier alpha value is -2.95. The third-order valence-electron chi connectivity index (χ3n) is 8.29. The summed E-state index contributed by atoms with van der Waals surface area (Å²) >= 11 is 0. The number of phenols is 1. The van der Waals surface area contributed by atoms with Gasteiger partial charge in [0, 0.05) is 13.0 Å². The molecule has 0 bridgehead atoms. The van der Waals surface area contributed by atoms with Crippen LogP contribution < -0.4 is 0 Å². The molecule has 0 unspecified atom stereocenters. The van der Waals surface area contributed by atoms with Crippen LogP contribution in [0.3, 0.4) is 0 Å². The first-order valence-electron chi connectivity index (χ1n) is 13.9. The summed E-state index contributed by atoms with van der Waals surface area (Å²) in [5, 5.41) is 39.5. The molecule has 4 N–H and O–H groups in total. The molecule has 0 saturated carbocycles. The monoisotopic (exact) mass is 539 g/mol. The van der Waals surface area contributed by atoms with Gasteiger partial charge in [-0.3, -0.25) is 19.3 Å². The number of likely N-dealkylation sites (tertiary alicyclic amines) is 1. The molecule has 1 aliphatic carbocycles. The maximum atomic E-state index is 13.5. The highest BCUT2D eigenvalue weighted by Crippen LogP contribution is 2.50. The SMILES string of the molecule is CC/C(=C\c1cccc(O)c1)CC[C@H]1OB(O)C[C@H]2C1=C(CO)C[C@H]1C(=O)N(CCCCCC(=O)O)C(=O)[C@H]12. The molecule has 0 spiro atoms. The lowest BCUT2D eigenvalue weighted by Gasteiger charge is -2.43. The number of aliphatic hydroxyl groups is 1. The molecule has 3 aliphatic rings. The minimum absolute atomic E-state index is 0.0599. The standard InChI is InChI=1S/C29H38BNO8/c1-2-18(13-19-7-6-8-21(33)14-19)10-11-24-26-20(17-32)15-22-27(23(26)16-30(38)39-24)29(37)31(28(22)36)12-5-3-4-9-25(34)35/h6-8,13-14,22-24,27,32-33,38H,2-5,9-12,15-17H2,1H3,(H,34,35)/b18-13+/t22-,23+,24-,27-/m1/s1. The van der Waals surface area contributed by atoms with Gasteiger partial charge in [0.15, 0.2) is 0 Å². The average Bonchev–Trinajstić information content (AvgIpc) is 3.14. The van der Waals surface area contributed by atoms with E-state index in [4.69, 9.17) is 9.76 Å². The molecule has 4 rings (SSSR count). The lowest BCUT2D eigenvalue weighted by atomic mass is 9.58. The molecule has 2 saturated heterocycles. The number of unbranched alkanes of at least 4 members (excludes halogenated alkanes) is 2. The van der Waals surface area contributed by atoms with Crippen LogP contribution in [0.1, 0.15) is 63.9 Å². The van der Waals surface area contributed by atoms with Crippen LogP contribution in [0.25, 0.3) is 6.08 Å². The van der Waals surface area contributed by atoms with Gasteiger partial charge in [0.25, 0.3) is 0 Å². The molecule has 2 fully saturated rings. The quantitative estimate of drug-likeness (QED) is 0.137. The Bertz CT molecular complexity index is 1150. The smallest absolute Gasteiger partial charge is 0.455 e. The first-order chi connectivity index (χ1) is 18.7. The zero-order valence-electron chi connectivity index (χ0n) is 22.4. The number of hydrogen-bond acceptors (Lipinski definition) is 7. The van der Waals surface area contributed by atoms with Crippen molar-refractivity contribution in [3.8, 4) is 5.75 Å². The summed E-state index contributed by atoms with van der Waals surface area (Å²) < 4.78 is 5.96. The van der Waals surface area contributed by atoms with Crippen molar-refractivity contribution in [3.63, 3.8) is 0 Å². The number of carbonyl (C=O) groups is 3. The van der Waals surface area contributed by atoms with Crippen molar-refractivity contribution in [1.82, 2.24) is 4.90 Å². The van der Waals surface area contributed by atoms with Gasteiger partial charge in [-0.2, -0.15) is 0 Å². The number of fused-ring (bicyclic) bond motifs is 3. The summed E-state index contributed by atoms with van der Waals surface area (Å²) in [5.74, 6) is -2.68. The Morgan fingerprint density at radius 3 is 2.64 bits per heavy atom. The largest absolute Gasteiger partial charge is 0.508 e. The highest BCUT2D eigenvalue weighted by atomic mass is 16.5. The van der Waals surface area contributed by atoms with Crippen LogP contribution in [0.2, 0.25) is 6.32 Å². The van der Waals surface area contributed by atoms with Crippen molar-refractivity contribution in [1.29, 1.82) is 0 Å². The number of nitrogens with zero attached hydrogens (tertiary/aromatic N) is 1. The van der Waals surface area contributed by atoms with Crippen LogP contribution in [-0.4, -0.2) is 69.4 Å². The van der Waals surface area contributed by atoms with E-state index in [1.165, 1.54) is 4.90 Å². The average molecular weight is 539 g/mol. The van der Waals surface area contributed by atoms with Crippen LogP contribution in [0, 0.1) is 17.8 Å². The first kappa shape index (κ1) is 29.0. The Morgan fingerprint density at radius 2 is 1.95 bits per heavy atom. The number of benzene rings is 1. The van der Waals surface area contributed by atoms with Gasteiger partial charge in [-0.25, -0.2) is 0 Å². The van der Waals surface area contributed by atoms with Gasteiger partial charge in [0.2, 0.25) is 11.8 Å². The predicted molar refractivity (Wildman–Crippen MR) is 145 cm³/mol. The Kier molecular flexibility index (Phi) is 9.64. The van der Waals surface area contributed by atoms with Crippen molar-refractivity contribution in [2.24, 2.45) is 17.8 Å². The zero-order valence-corrected chi connectivity index (χ0v) is 22.4. The van der Waals surface area contributed by atoms with Gasteiger partial charge < -0.3 is 25.0 Å². The fourth-order valence-electron chi connectivity index (χ4n) is 6.44. The number of hydrogen-bond donors (Lipinski definition) is 4. The van der Waals surface area contributed by atoms with Crippen molar-refractivity contribution >= 4 is 31.0 Å². The summed E-state index contributed by atoms with van der Waals surface area (Å²) in [4.78, 5) is 38.8. The summed E-state index contributed by atoms with van der Waals surface area (Å²) in [6, 6.07) is 7.02. The molecule has 9 nitrogen and oxygen atoms in total. The summed E-state index contributed by atoms with van der Waals surface area (Å²) in [7, 11) is -1.07. The number of carboxylic acids is 1. The van der Waals surface area contributed by atoms with E-state index in [-0.39, 0.29) is 49.4 Å². The lowest BCUT2D eigenvalue weighted by Crippen LogP contribution is -2.46. The van der Waals surface area contributed by atoms with E-state index < -0.39 is 31.0 Å². The van der Waals surface area contributed by atoms with E-state index in [9.17, 15) is 29.6 Å². The van der Waals surface area contributed by atoms with E-state index in [1.54, 1.807) is 18.2 Å². The molecule has 1 aromatic rings. The van der Waals surface area contributed by atoms with Crippen molar-refractivity contribution in [2.45, 2.75) is 70.7 Å². The van der Waals surface area contributed by atoms with Gasteiger partial charge >= 0.3 is 13.1 Å². The van der Waals surface area contributed by atoms with Crippen molar-refractivity contribution < 1.29 is 39.4 Å². The summed E-state index contributed by atoms with van der Waals surface area (Å²) in [6.07, 6.45) is 5.76. The highest BCUT2D eigenvalue weighted by Gasteiger charge is 2.57. The second-order valence-electron chi connectivity index (χ2n) is 10.8. The van der Waals surface area contributed by atoms with Crippen molar-refractivity contribution in [2.75, 3.05) is 13.2 Å². The third-order valence-corrected chi connectivity index (χ3v) is 8.29. The summed E-state index contributed by atoms with van der Waals surface area (Å²) in [5.41, 5.74) is 3.60. The first-order valence-corrected chi connectivity index (χ1v) is 13.9. The number of allylic oxidation sites excluding steroid dienone is 1. The minimum Gasteiger partial charge on any atom is -0.508 e. The maximum absolute atomic E-state index is 13.5. The van der Waals surface area contributed by atoms with E-state index in [1.807, 2.05) is 12.1 Å². The molecule has 39 heavy (non-hydrogen) atoms. The molecule has 2 amide bonds. The predicted octanol–water partition coefficient (Wildman–Crippen LogP) is 3.40. The molecule has 4 atom stereocenters. The second kappa shape index (κ2) is 12.9. The van der Waals surface area contributed by atoms with Gasteiger partial charge in [0.05, 0.1) is 24.5 Å². The van der Waals surface area contributed by atoms with E-state index in [0.717, 1.165) is 28.7 Å². The molecular weight excluding hydrogens is 501 g/mol. The second-order valence-corrected chi connectivity index (χ2v) is 10.8. The molecular formula is C29H38BNO8. The molecule has 2 aliphatic heterocycles. The fraction of sp³-hybridized carbons (Fsp3) is 0.552. The number of phenolic OH excluding ortho intramolecular Hbond substituents is 1. The number of amides is 2. The summed E-state index contributed by atoms with van der Waals surface area (Å²) in [6.45, 7) is 2.07. The minimum atomic E-state index is -1.07. The number of imide groups is 1. The highest BCUT2D eigenvalue weighted by molar-refractivity contribution is 6.43. The maximum Gasteiger partial charge on any atom is 0.455 e. The third kappa shape index (κ3) is 6.62. The Morgan fingerprint density at radius 1 is 1.15 bits per heavy atom. The molecule has 0 aromatic heterocycles. The van der Waals surface area contributed by atoms with E-state index in [2.05, 4.69) is 6.92 Å². The van der Waals surface area contributed by atoms with E-state index >= 15 is 0 Å². The topological polar surface area (TPSA) is 145 Å².